The summed E-state index contributed by atoms with van der Waals surface area (Å²) in [4.78, 5) is 31.4. The number of hydrogen-bond donors (Lipinski definition) is 1. The zero-order valence-corrected chi connectivity index (χ0v) is 15.6. The number of esters is 1. The molecule has 0 atom stereocenters. The van der Waals surface area contributed by atoms with Gasteiger partial charge in [0.1, 0.15) is 19.7 Å². The molecule has 0 amide bonds. The second-order valence-corrected chi connectivity index (χ2v) is 7.26. The van der Waals surface area contributed by atoms with Gasteiger partial charge in [-0.15, -0.1) is 0 Å². The molecule has 0 rings (SSSR count). The van der Waals surface area contributed by atoms with Gasteiger partial charge in [0.15, 0.2) is 0 Å². The van der Waals surface area contributed by atoms with Gasteiger partial charge < -0.3 is 28.7 Å². The van der Waals surface area contributed by atoms with Crippen LogP contribution in [-0.2, 0) is 19.1 Å². The fourth-order valence-corrected chi connectivity index (χ4v) is 1.41. The number of ether oxygens (including phenoxy) is 1. The van der Waals surface area contributed by atoms with E-state index in [0.717, 1.165) is 0 Å². The van der Waals surface area contributed by atoms with Crippen molar-refractivity contribution >= 4 is 17.9 Å². The quantitative estimate of drug-likeness (QED) is 0.329. The van der Waals surface area contributed by atoms with Crippen LogP contribution in [0.2, 0.25) is 0 Å². The first-order valence-corrected chi connectivity index (χ1v) is 7.53. The molecule has 0 radical (unpaired) electrons. The second-order valence-electron chi connectivity index (χ2n) is 7.26. The summed E-state index contributed by atoms with van der Waals surface area (Å²) < 4.78 is 5.87. The fourth-order valence-electron chi connectivity index (χ4n) is 1.41. The van der Waals surface area contributed by atoms with E-state index in [1.807, 2.05) is 14.1 Å². The molecule has 140 valence electrons. The lowest BCUT2D eigenvalue weighted by atomic mass is 10.3. The van der Waals surface area contributed by atoms with E-state index in [0.29, 0.717) is 27.6 Å². The van der Waals surface area contributed by atoms with Crippen LogP contribution in [0.5, 0.6) is 0 Å². The van der Waals surface area contributed by atoms with Crippen LogP contribution >= 0.6 is 0 Å². The lowest BCUT2D eigenvalue weighted by Crippen LogP contribution is -2.45. The number of carboxylic acids is 2. The Morgan fingerprint density at radius 3 is 1.88 bits per heavy atom. The zero-order valence-electron chi connectivity index (χ0n) is 15.6. The first kappa shape index (κ1) is 24.3. The lowest BCUT2D eigenvalue weighted by molar-refractivity contribution is -0.889. The number of aliphatic carboxylic acids is 2. The molecule has 0 aromatic rings. The summed E-state index contributed by atoms with van der Waals surface area (Å²) in [6.45, 7) is 6.51. The van der Waals surface area contributed by atoms with Crippen LogP contribution < -0.4 is 5.11 Å². The minimum atomic E-state index is -1.00. The third-order valence-electron chi connectivity index (χ3n) is 2.81. The van der Waals surface area contributed by atoms with Crippen molar-refractivity contribution < 1.29 is 38.3 Å². The Morgan fingerprint density at radius 1 is 1.08 bits per heavy atom. The first-order chi connectivity index (χ1) is 10.7. The fraction of sp³-hybridized carbons (Fsp3) is 0.688. The topological polar surface area (TPSA) is 104 Å². The van der Waals surface area contributed by atoms with E-state index < -0.39 is 17.9 Å². The van der Waals surface area contributed by atoms with Crippen LogP contribution in [0.4, 0.5) is 0 Å². The van der Waals surface area contributed by atoms with Gasteiger partial charge in [-0.25, -0.2) is 4.79 Å². The normalized spacial score (nSPS) is 11.1. The highest BCUT2D eigenvalue weighted by atomic mass is 16.5. The molecule has 0 saturated carbocycles. The molecule has 0 saturated heterocycles. The third-order valence-corrected chi connectivity index (χ3v) is 2.81. The van der Waals surface area contributed by atoms with E-state index in [4.69, 9.17) is 9.84 Å². The van der Waals surface area contributed by atoms with Crippen molar-refractivity contribution in [3.8, 4) is 0 Å². The third kappa shape index (κ3) is 18.1. The van der Waals surface area contributed by atoms with Crippen LogP contribution in [-0.4, -0.2) is 93.5 Å². The average molecular weight is 347 g/mol. The number of carbonyl (C=O) groups excluding carboxylic acids is 2. The minimum absolute atomic E-state index is 0.0694. The highest BCUT2D eigenvalue weighted by molar-refractivity contribution is 5.86. The molecule has 0 fully saturated rings. The van der Waals surface area contributed by atoms with Gasteiger partial charge in [-0.3, -0.25) is 4.79 Å². The van der Waals surface area contributed by atoms with E-state index in [2.05, 4.69) is 6.58 Å². The molecule has 0 aromatic carbocycles. The van der Waals surface area contributed by atoms with Gasteiger partial charge in [-0.1, -0.05) is 6.58 Å². The first-order valence-electron chi connectivity index (χ1n) is 7.53. The predicted octanol–water partition coefficient (Wildman–Crippen LogP) is -0.901. The monoisotopic (exact) mass is 347 g/mol. The maximum absolute atomic E-state index is 11.1. The van der Waals surface area contributed by atoms with Crippen molar-refractivity contribution in [1.29, 1.82) is 0 Å². The predicted molar refractivity (Wildman–Crippen MR) is 87.8 cm³/mol. The Morgan fingerprint density at radius 2 is 1.58 bits per heavy atom. The summed E-state index contributed by atoms with van der Waals surface area (Å²) in [5.74, 6) is -2.22. The van der Waals surface area contributed by atoms with Gasteiger partial charge in [-0.05, 0) is 6.92 Å². The Labute approximate surface area is 144 Å². The molecule has 0 heterocycles. The van der Waals surface area contributed by atoms with Gasteiger partial charge in [0.25, 0.3) is 0 Å². The average Bonchev–Trinajstić information content (AvgIpc) is 2.33. The van der Waals surface area contributed by atoms with Crippen molar-refractivity contribution in [2.24, 2.45) is 0 Å². The Hall–Kier alpha value is -1.93. The van der Waals surface area contributed by atoms with Crippen molar-refractivity contribution in [2.75, 3.05) is 61.5 Å². The van der Waals surface area contributed by atoms with Gasteiger partial charge in [-0.2, -0.15) is 0 Å². The molecular formula is C16H31N2O6+. The van der Waals surface area contributed by atoms with Crippen LogP contribution in [0.15, 0.2) is 12.2 Å². The Bertz CT molecular complexity index is 452. The molecule has 24 heavy (non-hydrogen) atoms. The van der Waals surface area contributed by atoms with E-state index in [1.54, 1.807) is 28.1 Å². The second kappa shape index (κ2) is 10.8. The van der Waals surface area contributed by atoms with Crippen molar-refractivity contribution in [2.45, 2.75) is 13.3 Å². The summed E-state index contributed by atoms with van der Waals surface area (Å²) in [6, 6.07) is 0. The highest BCUT2D eigenvalue weighted by Crippen LogP contribution is 2.00. The standard InChI is InChI=1S/C11H19NO4.C5H11NO2/c1-9(2)11(15)16-8-7-12(3,4)6-5-10(13)14;1-6(2,3)4-5(7)8/h1,5-8H2,2-4H3;4H2,1-3H3/p+1. The largest absolute Gasteiger partial charge is 0.544 e. The van der Waals surface area contributed by atoms with Gasteiger partial charge in [0, 0.05) is 5.57 Å². The van der Waals surface area contributed by atoms with Crippen molar-refractivity contribution in [3.63, 3.8) is 0 Å². The van der Waals surface area contributed by atoms with Crippen LogP contribution in [0.1, 0.15) is 13.3 Å². The molecule has 8 nitrogen and oxygen atoms in total. The SMILES string of the molecule is C=C(C)C(=O)OCC[N+](C)(C)CCC(=O)O.C[N+](C)(C)CC(=O)[O-]. The van der Waals surface area contributed by atoms with Gasteiger partial charge in [0.2, 0.25) is 0 Å². The smallest absolute Gasteiger partial charge is 0.333 e. The van der Waals surface area contributed by atoms with Crippen LogP contribution in [0.3, 0.4) is 0 Å². The van der Waals surface area contributed by atoms with Crippen molar-refractivity contribution in [3.05, 3.63) is 12.2 Å². The molecule has 0 unspecified atom stereocenters. The number of quaternary nitrogens is 2. The lowest BCUT2D eigenvalue weighted by Gasteiger charge is -2.28. The molecule has 0 aromatic heterocycles. The number of hydrogen-bond acceptors (Lipinski definition) is 5. The number of rotatable bonds is 9. The van der Waals surface area contributed by atoms with Crippen molar-refractivity contribution in [1.82, 2.24) is 0 Å². The zero-order chi connectivity index (χ0) is 19.6. The summed E-state index contributed by atoms with van der Waals surface area (Å²) >= 11 is 0. The molecular weight excluding hydrogens is 316 g/mol. The molecule has 0 spiro atoms. The van der Waals surface area contributed by atoms with Crippen LogP contribution in [0.25, 0.3) is 0 Å². The van der Waals surface area contributed by atoms with E-state index in [9.17, 15) is 19.5 Å². The molecule has 0 bridgehead atoms. The number of likely N-dealkylation sites (N-methyl/N-ethyl adjacent to an activating group) is 2. The number of carboxylic acid groups (broad SMARTS) is 2. The molecule has 8 heteroatoms. The molecule has 0 aliphatic carbocycles. The maximum Gasteiger partial charge on any atom is 0.333 e. The summed E-state index contributed by atoms with van der Waals surface area (Å²) in [7, 11) is 9.20. The minimum Gasteiger partial charge on any atom is -0.544 e. The number of nitrogens with zero attached hydrogens (tertiary/aromatic N) is 2. The van der Waals surface area contributed by atoms with E-state index in [-0.39, 0.29) is 19.6 Å². The Balaban J connectivity index is 0. The summed E-state index contributed by atoms with van der Waals surface area (Å²) in [6.07, 6.45) is 0.113. The van der Waals surface area contributed by atoms with E-state index in [1.165, 1.54) is 0 Å². The number of carbonyl (C=O) groups is 3. The van der Waals surface area contributed by atoms with Gasteiger partial charge >= 0.3 is 11.9 Å². The van der Waals surface area contributed by atoms with Crippen LogP contribution in [0, 0.1) is 0 Å². The Kier molecular flexibility index (Phi) is 10.9. The van der Waals surface area contributed by atoms with E-state index >= 15 is 0 Å². The summed E-state index contributed by atoms with van der Waals surface area (Å²) in [5.41, 5.74) is 0.371. The molecule has 0 aliphatic rings. The summed E-state index contributed by atoms with van der Waals surface area (Å²) in [5, 5.41) is 18.4. The highest BCUT2D eigenvalue weighted by Gasteiger charge is 2.17. The maximum atomic E-state index is 11.1. The molecule has 0 aliphatic heterocycles. The van der Waals surface area contributed by atoms with Gasteiger partial charge in [0.05, 0.1) is 54.2 Å². The molecule has 1 N–H and O–H groups in total.